The number of nitrogens with zero attached hydrogens (tertiary/aromatic N) is 3. The van der Waals surface area contributed by atoms with Crippen molar-refractivity contribution in [3.05, 3.63) is 35.1 Å². The third kappa shape index (κ3) is 6.56. The van der Waals surface area contributed by atoms with E-state index < -0.39 is 45.3 Å². The normalized spacial score (nSPS) is 16.6. The molecule has 2 rings (SSSR count). The van der Waals surface area contributed by atoms with Crippen LogP contribution in [-0.4, -0.2) is 73.0 Å². The average Bonchev–Trinajstić information content (AvgIpc) is 2.82. The Balaban J connectivity index is 0.00000450. The van der Waals surface area contributed by atoms with E-state index in [1.165, 1.54) is 6.92 Å². The summed E-state index contributed by atoms with van der Waals surface area (Å²) < 4.78 is 64.8. The Kier molecular flexibility index (Phi) is 9.08. The van der Waals surface area contributed by atoms with Crippen molar-refractivity contribution in [2.75, 3.05) is 32.4 Å². The highest BCUT2D eigenvalue weighted by molar-refractivity contribution is 7.88. The van der Waals surface area contributed by atoms with E-state index in [9.17, 15) is 31.2 Å². The van der Waals surface area contributed by atoms with E-state index >= 15 is 0 Å². The Morgan fingerprint density at radius 2 is 1.57 bits per heavy atom. The van der Waals surface area contributed by atoms with Crippen molar-refractivity contribution in [1.29, 1.82) is 0 Å². The van der Waals surface area contributed by atoms with Crippen molar-refractivity contribution >= 4 is 34.2 Å². The Labute approximate surface area is 179 Å². The fraction of sp³-hybridized carbons (Fsp3) is 0.529. The van der Waals surface area contributed by atoms with Crippen LogP contribution in [0.3, 0.4) is 0 Å². The van der Waals surface area contributed by atoms with Gasteiger partial charge in [0.15, 0.2) is 11.6 Å². The number of halogens is 4. The van der Waals surface area contributed by atoms with Gasteiger partial charge in [0, 0.05) is 38.5 Å². The predicted molar refractivity (Wildman–Crippen MR) is 105 cm³/mol. The Bertz CT molecular complexity index is 903. The molecule has 1 saturated heterocycles. The lowest BCUT2D eigenvalue weighted by molar-refractivity contribution is -0.161. The summed E-state index contributed by atoms with van der Waals surface area (Å²) in [5, 5.41) is 2.26. The van der Waals surface area contributed by atoms with E-state index in [-0.39, 0.29) is 57.0 Å². The van der Waals surface area contributed by atoms with Gasteiger partial charge in [-0.1, -0.05) is 0 Å². The molecule has 1 aliphatic heterocycles. The maximum atomic E-state index is 13.8. The van der Waals surface area contributed by atoms with Crippen molar-refractivity contribution in [1.82, 2.24) is 14.3 Å². The van der Waals surface area contributed by atoms with E-state index in [4.69, 9.17) is 5.73 Å². The van der Waals surface area contributed by atoms with Crippen LogP contribution in [0.25, 0.3) is 0 Å². The van der Waals surface area contributed by atoms with Gasteiger partial charge >= 0.3 is 0 Å². The Morgan fingerprint density at radius 3 is 2.10 bits per heavy atom. The second kappa shape index (κ2) is 10.4. The molecule has 0 saturated carbocycles. The van der Waals surface area contributed by atoms with Gasteiger partial charge in [0.05, 0.1) is 19.3 Å². The SMILES string of the molecule is CC(=O)N1CCN(S(C)(=O)=O)CCN1C(=O)C[C@H](N)Cc1cc(F)c(F)cc1F.Cl. The van der Waals surface area contributed by atoms with Crippen LogP contribution in [0.5, 0.6) is 0 Å². The van der Waals surface area contributed by atoms with Crippen LogP contribution >= 0.6 is 12.4 Å². The molecule has 0 aromatic heterocycles. The summed E-state index contributed by atoms with van der Waals surface area (Å²) >= 11 is 0. The first kappa shape index (κ1) is 26.1. The molecule has 0 spiro atoms. The first-order valence-corrected chi connectivity index (χ1v) is 10.7. The smallest absolute Gasteiger partial charge is 0.242 e. The molecule has 8 nitrogen and oxygen atoms in total. The molecule has 1 heterocycles. The van der Waals surface area contributed by atoms with E-state index in [1.54, 1.807) is 0 Å². The fourth-order valence-corrected chi connectivity index (χ4v) is 3.92. The molecule has 2 amide bonds. The summed E-state index contributed by atoms with van der Waals surface area (Å²) in [6.45, 7) is 1.21. The van der Waals surface area contributed by atoms with Crippen LogP contribution in [0, 0.1) is 17.5 Å². The second-order valence-corrected chi connectivity index (χ2v) is 8.83. The molecule has 170 valence electrons. The summed E-state index contributed by atoms with van der Waals surface area (Å²) in [6, 6.07) is 0.169. The third-order valence-electron chi connectivity index (χ3n) is 4.54. The lowest BCUT2D eigenvalue weighted by atomic mass is 10.0. The van der Waals surface area contributed by atoms with E-state index in [0.29, 0.717) is 12.1 Å². The van der Waals surface area contributed by atoms with Crippen molar-refractivity contribution in [2.24, 2.45) is 5.73 Å². The highest BCUT2D eigenvalue weighted by Gasteiger charge is 2.31. The number of carbonyl (C=O) groups excluding carboxylic acids is 2. The monoisotopic (exact) mass is 472 g/mol. The first-order chi connectivity index (χ1) is 13.4. The van der Waals surface area contributed by atoms with Crippen molar-refractivity contribution in [3.63, 3.8) is 0 Å². The number of carbonyl (C=O) groups is 2. The summed E-state index contributed by atoms with van der Waals surface area (Å²) in [4.78, 5) is 24.6. The molecule has 30 heavy (non-hydrogen) atoms. The summed E-state index contributed by atoms with van der Waals surface area (Å²) in [7, 11) is -3.50. The van der Waals surface area contributed by atoms with Gasteiger partial charge in [-0.05, 0) is 18.1 Å². The summed E-state index contributed by atoms with van der Waals surface area (Å²) in [5.41, 5.74) is 5.71. The Hall–Kier alpha value is -1.89. The van der Waals surface area contributed by atoms with Crippen molar-refractivity contribution < 1.29 is 31.2 Å². The van der Waals surface area contributed by atoms with Gasteiger partial charge in [0.1, 0.15) is 5.82 Å². The van der Waals surface area contributed by atoms with Crippen LogP contribution in [0.15, 0.2) is 12.1 Å². The number of hydrazine groups is 1. The van der Waals surface area contributed by atoms with E-state index in [1.807, 2.05) is 0 Å². The van der Waals surface area contributed by atoms with Gasteiger partial charge in [0.25, 0.3) is 0 Å². The van der Waals surface area contributed by atoms with Crippen LogP contribution in [0.1, 0.15) is 18.9 Å². The number of benzene rings is 1. The van der Waals surface area contributed by atoms with Gasteiger partial charge in [-0.2, -0.15) is 4.31 Å². The lowest BCUT2D eigenvalue weighted by Crippen LogP contribution is -2.50. The minimum Gasteiger partial charge on any atom is -0.327 e. The van der Waals surface area contributed by atoms with Gasteiger partial charge in [-0.25, -0.2) is 21.6 Å². The van der Waals surface area contributed by atoms with Crippen LogP contribution in [0.2, 0.25) is 0 Å². The molecule has 2 N–H and O–H groups in total. The van der Waals surface area contributed by atoms with Crippen LogP contribution in [0.4, 0.5) is 13.2 Å². The van der Waals surface area contributed by atoms with Crippen molar-refractivity contribution in [3.8, 4) is 0 Å². The van der Waals surface area contributed by atoms with Crippen molar-refractivity contribution in [2.45, 2.75) is 25.8 Å². The zero-order valence-electron chi connectivity index (χ0n) is 16.5. The minimum absolute atomic E-state index is 0. The molecule has 1 aromatic rings. The highest BCUT2D eigenvalue weighted by atomic mass is 35.5. The quantitative estimate of drug-likeness (QED) is 0.634. The molecule has 1 aliphatic rings. The number of nitrogens with two attached hydrogens (primary N) is 1. The van der Waals surface area contributed by atoms with Crippen LogP contribution < -0.4 is 5.73 Å². The van der Waals surface area contributed by atoms with Gasteiger partial charge < -0.3 is 5.73 Å². The summed E-state index contributed by atoms with van der Waals surface area (Å²) in [6.07, 6.45) is 0.508. The number of hydrogen-bond acceptors (Lipinski definition) is 5. The molecule has 0 aliphatic carbocycles. The second-order valence-electron chi connectivity index (χ2n) is 6.85. The molecule has 1 fully saturated rings. The maximum absolute atomic E-state index is 13.8. The molecule has 1 atom stereocenters. The molecular weight excluding hydrogens is 449 g/mol. The average molecular weight is 473 g/mol. The highest BCUT2D eigenvalue weighted by Crippen LogP contribution is 2.17. The largest absolute Gasteiger partial charge is 0.327 e. The summed E-state index contributed by atoms with van der Waals surface area (Å²) in [5.74, 6) is -4.54. The topological polar surface area (TPSA) is 104 Å². The predicted octanol–water partition coefficient (Wildman–Crippen LogP) is 0.653. The van der Waals surface area contributed by atoms with Gasteiger partial charge in [-0.3, -0.25) is 19.6 Å². The van der Waals surface area contributed by atoms with Crippen LogP contribution in [-0.2, 0) is 26.0 Å². The lowest BCUT2D eigenvalue weighted by Gasteiger charge is -2.32. The van der Waals surface area contributed by atoms with Gasteiger partial charge in [-0.15, -0.1) is 12.4 Å². The first-order valence-electron chi connectivity index (χ1n) is 8.82. The molecule has 0 bridgehead atoms. The maximum Gasteiger partial charge on any atom is 0.242 e. The zero-order chi connectivity index (χ0) is 21.9. The standard InChI is InChI=1S/C17H23F3N4O4S.ClH/c1-11(25)23-5-3-22(29(2,27)28)4-6-24(23)17(26)9-13(21)7-12-8-15(19)16(20)10-14(12)18;/h8,10,13H,3-7,9,21H2,1-2H3;1H/t13-;/m1./s1. The number of hydrogen-bond donors (Lipinski definition) is 1. The number of amides is 2. The number of sulfonamides is 1. The zero-order valence-corrected chi connectivity index (χ0v) is 18.1. The molecule has 0 unspecified atom stereocenters. The Morgan fingerprint density at radius 1 is 1.03 bits per heavy atom. The van der Waals surface area contributed by atoms with E-state index in [2.05, 4.69) is 0 Å². The fourth-order valence-electron chi connectivity index (χ4n) is 3.09. The number of rotatable bonds is 5. The van der Waals surface area contributed by atoms with E-state index in [0.717, 1.165) is 20.6 Å². The third-order valence-corrected chi connectivity index (χ3v) is 5.85. The minimum atomic E-state index is -3.50. The molecule has 1 aromatic carbocycles. The molecule has 13 heteroatoms. The van der Waals surface area contributed by atoms with Gasteiger partial charge in [0.2, 0.25) is 21.8 Å². The molecule has 0 radical (unpaired) electrons. The molecular formula is C17H24ClF3N4O4S.